The predicted molar refractivity (Wildman–Crippen MR) is 70.5 cm³/mol. The van der Waals surface area contributed by atoms with Gasteiger partial charge in [-0.25, -0.2) is 4.68 Å². The lowest BCUT2D eigenvalue weighted by atomic mass is 10.2. The number of para-hydroxylation sites is 1. The average molecular weight is 257 g/mol. The number of hydrogen-bond acceptors (Lipinski definition) is 4. The molecule has 2 aromatic heterocycles. The van der Waals surface area contributed by atoms with Gasteiger partial charge in [0.1, 0.15) is 5.69 Å². The van der Waals surface area contributed by atoms with Gasteiger partial charge in [0.2, 0.25) is 0 Å². The van der Waals surface area contributed by atoms with Crippen LogP contribution in [-0.4, -0.2) is 29.9 Å². The summed E-state index contributed by atoms with van der Waals surface area (Å²) in [6.07, 6.45) is 1.14. The molecule has 0 saturated heterocycles. The molecule has 2 heterocycles. The highest BCUT2D eigenvalue weighted by atomic mass is 16.3. The van der Waals surface area contributed by atoms with E-state index in [-0.39, 0.29) is 0 Å². The van der Waals surface area contributed by atoms with Crippen molar-refractivity contribution in [2.45, 2.75) is 19.6 Å². The van der Waals surface area contributed by atoms with Crippen molar-refractivity contribution in [2.24, 2.45) is 7.05 Å². The Morgan fingerprint density at radius 3 is 2.84 bits per heavy atom. The fraction of sp³-hybridized carbons (Fsp3) is 0.308. The van der Waals surface area contributed by atoms with Crippen LogP contribution in [0.25, 0.3) is 10.9 Å². The second kappa shape index (κ2) is 4.47. The number of fused-ring (bicyclic) bond motifs is 1. The summed E-state index contributed by atoms with van der Waals surface area (Å²) in [6, 6.07) is 8.07. The van der Waals surface area contributed by atoms with Crippen LogP contribution in [0.2, 0.25) is 0 Å². The number of aryl methyl sites for hydroxylation is 1. The number of aromatic nitrogens is 5. The first-order chi connectivity index (χ1) is 9.15. The molecule has 1 unspecified atom stereocenters. The SMILES string of the molecule is CC(O)c1cn(Cc2nn(C)c3ccccc23)nn1. The zero-order valence-corrected chi connectivity index (χ0v) is 10.9. The highest BCUT2D eigenvalue weighted by molar-refractivity contribution is 5.81. The lowest BCUT2D eigenvalue weighted by molar-refractivity contribution is 0.194. The fourth-order valence-corrected chi connectivity index (χ4v) is 2.14. The third-order valence-corrected chi connectivity index (χ3v) is 3.13. The highest BCUT2D eigenvalue weighted by Gasteiger charge is 2.11. The van der Waals surface area contributed by atoms with E-state index < -0.39 is 6.10 Å². The Kier molecular flexibility index (Phi) is 2.79. The number of benzene rings is 1. The predicted octanol–water partition coefficient (Wildman–Crippen LogP) is 1.27. The molecule has 1 atom stereocenters. The van der Waals surface area contributed by atoms with Crippen molar-refractivity contribution in [3.8, 4) is 0 Å². The van der Waals surface area contributed by atoms with Crippen molar-refractivity contribution in [1.82, 2.24) is 24.8 Å². The van der Waals surface area contributed by atoms with Gasteiger partial charge in [-0.3, -0.25) is 4.68 Å². The molecule has 3 aromatic rings. The van der Waals surface area contributed by atoms with E-state index in [1.807, 2.05) is 36.0 Å². The Bertz CT molecular complexity index is 713. The van der Waals surface area contributed by atoms with E-state index in [1.54, 1.807) is 17.8 Å². The third-order valence-electron chi connectivity index (χ3n) is 3.13. The molecule has 0 aliphatic carbocycles. The van der Waals surface area contributed by atoms with Gasteiger partial charge in [-0.15, -0.1) is 5.10 Å². The van der Waals surface area contributed by atoms with Gasteiger partial charge in [-0.05, 0) is 13.0 Å². The Morgan fingerprint density at radius 1 is 1.32 bits per heavy atom. The van der Waals surface area contributed by atoms with E-state index in [9.17, 15) is 5.11 Å². The quantitative estimate of drug-likeness (QED) is 0.767. The van der Waals surface area contributed by atoms with Gasteiger partial charge in [0.15, 0.2) is 0 Å². The van der Waals surface area contributed by atoms with Crippen LogP contribution in [-0.2, 0) is 13.6 Å². The fourth-order valence-electron chi connectivity index (χ4n) is 2.14. The van der Waals surface area contributed by atoms with Crippen molar-refractivity contribution in [3.05, 3.63) is 41.9 Å². The van der Waals surface area contributed by atoms with Crippen LogP contribution in [0.15, 0.2) is 30.5 Å². The molecule has 0 saturated carbocycles. The number of hydrogen-bond donors (Lipinski definition) is 1. The summed E-state index contributed by atoms with van der Waals surface area (Å²) in [4.78, 5) is 0. The largest absolute Gasteiger partial charge is 0.387 e. The van der Waals surface area contributed by atoms with Crippen molar-refractivity contribution in [3.63, 3.8) is 0 Å². The lowest BCUT2D eigenvalue weighted by Gasteiger charge is -1.97. The first-order valence-corrected chi connectivity index (χ1v) is 6.14. The molecule has 1 N–H and O–H groups in total. The van der Waals surface area contributed by atoms with Crippen molar-refractivity contribution >= 4 is 10.9 Å². The summed E-state index contributed by atoms with van der Waals surface area (Å²) in [6.45, 7) is 2.21. The van der Waals surface area contributed by atoms with E-state index in [0.717, 1.165) is 16.6 Å². The zero-order chi connectivity index (χ0) is 13.4. The molecule has 0 fully saturated rings. The van der Waals surface area contributed by atoms with Crippen LogP contribution < -0.4 is 0 Å². The molecule has 6 heteroatoms. The van der Waals surface area contributed by atoms with Crippen molar-refractivity contribution < 1.29 is 5.11 Å². The third kappa shape index (κ3) is 2.10. The number of rotatable bonds is 3. The van der Waals surface area contributed by atoms with E-state index >= 15 is 0 Å². The van der Waals surface area contributed by atoms with E-state index in [0.29, 0.717) is 12.2 Å². The molecular formula is C13H15N5O. The Labute approximate surface area is 110 Å². The molecule has 3 rings (SSSR count). The number of nitrogens with zero attached hydrogens (tertiary/aromatic N) is 5. The number of aliphatic hydroxyl groups excluding tert-OH is 1. The maximum atomic E-state index is 9.44. The van der Waals surface area contributed by atoms with Crippen LogP contribution >= 0.6 is 0 Å². The second-order valence-corrected chi connectivity index (χ2v) is 4.60. The first kappa shape index (κ1) is 11.9. The van der Waals surface area contributed by atoms with Crippen LogP contribution in [0.5, 0.6) is 0 Å². The van der Waals surface area contributed by atoms with Crippen LogP contribution in [0, 0.1) is 0 Å². The Morgan fingerprint density at radius 2 is 2.11 bits per heavy atom. The van der Waals surface area contributed by atoms with Gasteiger partial charge in [-0.1, -0.05) is 23.4 Å². The molecule has 0 spiro atoms. The molecule has 1 aromatic carbocycles. The van der Waals surface area contributed by atoms with Crippen molar-refractivity contribution in [1.29, 1.82) is 0 Å². The zero-order valence-electron chi connectivity index (χ0n) is 10.9. The van der Waals surface area contributed by atoms with Gasteiger partial charge in [0.05, 0.1) is 30.1 Å². The topological polar surface area (TPSA) is 68.8 Å². The van der Waals surface area contributed by atoms with Gasteiger partial charge in [-0.2, -0.15) is 5.10 Å². The number of aliphatic hydroxyl groups is 1. The standard InChI is InChI=1S/C13H15N5O/c1-9(19)11-7-18(16-14-11)8-12-10-5-3-4-6-13(10)17(2)15-12/h3-7,9,19H,8H2,1-2H3. The monoisotopic (exact) mass is 257 g/mol. The van der Waals surface area contributed by atoms with E-state index in [4.69, 9.17) is 0 Å². The molecule has 6 nitrogen and oxygen atoms in total. The summed E-state index contributed by atoms with van der Waals surface area (Å²) in [5.41, 5.74) is 2.61. The molecule has 98 valence electrons. The molecule has 19 heavy (non-hydrogen) atoms. The molecule has 0 bridgehead atoms. The van der Waals surface area contributed by atoms with Gasteiger partial charge >= 0.3 is 0 Å². The molecule has 0 aliphatic heterocycles. The first-order valence-electron chi connectivity index (χ1n) is 6.14. The summed E-state index contributed by atoms with van der Waals surface area (Å²) in [7, 11) is 1.92. The van der Waals surface area contributed by atoms with E-state index in [1.165, 1.54) is 0 Å². The normalized spacial score (nSPS) is 13.0. The van der Waals surface area contributed by atoms with Crippen LogP contribution in [0.4, 0.5) is 0 Å². The molecular weight excluding hydrogens is 242 g/mol. The molecule has 0 radical (unpaired) electrons. The highest BCUT2D eigenvalue weighted by Crippen LogP contribution is 2.18. The molecule has 0 aliphatic rings. The Hall–Kier alpha value is -2.21. The van der Waals surface area contributed by atoms with Crippen LogP contribution in [0.3, 0.4) is 0 Å². The summed E-state index contributed by atoms with van der Waals surface area (Å²) < 4.78 is 3.55. The maximum Gasteiger partial charge on any atom is 0.111 e. The minimum absolute atomic E-state index is 0.543. The average Bonchev–Trinajstić information content (AvgIpc) is 2.97. The minimum Gasteiger partial charge on any atom is -0.387 e. The summed E-state index contributed by atoms with van der Waals surface area (Å²) >= 11 is 0. The molecule has 0 amide bonds. The van der Waals surface area contributed by atoms with E-state index in [2.05, 4.69) is 15.4 Å². The Balaban J connectivity index is 1.96. The van der Waals surface area contributed by atoms with Crippen LogP contribution in [0.1, 0.15) is 24.4 Å². The summed E-state index contributed by atoms with van der Waals surface area (Å²) in [5.74, 6) is 0. The smallest absolute Gasteiger partial charge is 0.111 e. The van der Waals surface area contributed by atoms with Gasteiger partial charge in [0.25, 0.3) is 0 Å². The lowest BCUT2D eigenvalue weighted by Crippen LogP contribution is -2.02. The summed E-state index contributed by atoms with van der Waals surface area (Å²) in [5, 5.41) is 23.0. The van der Waals surface area contributed by atoms with Gasteiger partial charge < -0.3 is 5.11 Å². The van der Waals surface area contributed by atoms with Gasteiger partial charge in [0, 0.05) is 12.4 Å². The second-order valence-electron chi connectivity index (χ2n) is 4.60. The minimum atomic E-state index is -0.603. The maximum absolute atomic E-state index is 9.44. The van der Waals surface area contributed by atoms with Crippen molar-refractivity contribution in [2.75, 3.05) is 0 Å².